The molecule has 0 fully saturated rings. The number of aromatic nitrogens is 6. The molecule has 34 heavy (non-hydrogen) atoms. The predicted molar refractivity (Wildman–Crippen MR) is 125 cm³/mol. The van der Waals surface area contributed by atoms with Crippen molar-refractivity contribution in [3.05, 3.63) is 71.7 Å². The minimum Gasteiger partial charge on any atom is -0.368 e. The van der Waals surface area contributed by atoms with Crippen molar-refractivity contribution in [3.63, 3.8) is 0 Å². The average Bonchev–Trinajstić information content (AvgIpc) is 3.26. The van der Waals surface area contributed by atoms with Crippen LogP contribution in [0.15, 0.2) is 54.7 Å². The highest BCUT2D eigenvalue weighted by Gasteiger charge is 2.14. The molecule has 0 saturated heterocycles. The molecule has 0 radical (unpaired) electrons. The number of nitriles is 1. The fourth-order valence-electron chi connectivity index (χ4n) is 3.36. The largest absolute Gasteiger partial charge is 0.368 e. The molecule has 4 aromatic rings. The Bertz CT molecular complexity index is 1490. The molecule has 0 aliphatic heterocycles. The van der Waals surface area contributed by atoms with Crippen molar-refractivity contribution in [2.75, 3.05) is 12.0 Å². The van der Waals surface area contributed by atoms with Crippen LogP contribution in [0.5, 0.6) is 0 Å². The van der Waals surface area contributed by atoms with Gasteiger partial charge in [-0.05, 0) is 37.3 Å². The fraction of sp³-hybridized carbons (Fsp3) is 0.182. The monoisotopic (exact) mass is 475 g/mol. The van der Waals surface area contributed by atoms with E-state index in [2.05, 4.69) is 36.1 Å². The zero-order chi connectivity index (χ0) is 24.3. The Labute approximate surface area is 196 Å². The number of rotatable bonds is 7. The summed E-state index contributed by atoms with van der Waals surface area (Å²) in [6.07, 6.45) is 2.82. The Morgan fingerprint density at radius 3 is 2.62 bits per heavy atom. The normalized spacial score (nSPS) is 12.3. The minimum absolute atomic E-state index is 0.0751. The van der Waals surface area contributed by atoms with Crippen molar-refractivity contribution in [2.24, 2.45) is 0 Å². The smallest absolute Gasteiger partial charge is 0.221 e. The first-order valence-electron chi connectivity index (χ1n) is 10.2. The summed E-state index contributed by atoms with van der Waals surface area (Å²) in [5, 5.41) is 17.5. The lowest BCUT2D eigenvalue weighted by Gasteiger charge is -2.12. The van der Waals surface area contributed by atoms with Crippen LogP contribution < -0.4 is 10.5 Å². The molecule has 0 amide bonds. The summed E-state index contributed by atoms with van der Waals surface area (Å²) in [5.41, 5.74) is 10.0. The van der Waals surface area contributed by atoms with Crippen molar-refractivity contribution in [3.8, 4) is 28.7 Å². The zero-order valence-electron chi connectivity index (χ0n) is 18.4. The summed E-state index contributed by atoms with van der Waals surface area (Å²) in [4.78, 5) is 13.1. The average molecular weight is 476 g/mol. The van der Waals surface area contributed by atoms with Crippen molar-refractivity contribution in [1.82, 2.24) is 34.7 Å². The highest BCUT2D eigenvalue weighted by atomic mass is 32.2. The van der Waals surface area contributed by atoms with E-state index in [0.29, 0.717) is 40.6 Å². The van der Waals surface area contributed by atoms with Crippen LogP contribution >= 0.6 is 0 Å². The van der Waals surface area contributed by atoms with Crippen LogP contribution in [0.25, 0.3) is 22.6 Å². The Morgan fingerprint density at radius 1 is 1.09 bits per heavy atom. The van der Waals surface area contributed by atoms with Gasteiger partial charge in [0.15, 0.2) is 0 Å². The molecule has 0 saturated carbocycles. The van der Waals surface area contributed by atoms with E-state index in [0.717, 1.165) is 11.8 Å². The number of hydrogen-bond acceptors (Lipinski definition) is 9. The first-order chi connectivity index (χ1) is 16.2. The Hall–Kier alpha value is -4.21. The van der Waals surface area contributed by atoms with E-state index in [1.54, 1.807) is 48.1 Å². The zero-order valence-corrected chi connectivity index (χ0v) is 19.2. The van der Waals surface area contributed by atoms with E-state index in [9.17, 15) is 8.42 Å². The van der Waals surface area contributed by atoms with Crippen LogP contribution in [0, 0.1) is 11.3 Å². The number of anilines is 1. The summed E-state index contributed by atoms with van der Waals surface area (Å²) in [7, 11) is -3.36. The van der Waals surface area contributed by atoms with E-state index < -0.39 is 16.1 Å². The van der Waals surface area contributed by atoms with Crippen LogP contribution in [0.4, 0.5) is 5.95 Å². The molecule has 0 bridgehead atoms. The third-order valence-corrected chi connectivity index (χ3v) is 5.60. The first-order valence-corrected chi connectivity index (χ1v) is 12.1. The van der Waals surface area contributed by atoms with Crippen molar-refractivity contribution >= 4 is 16.0 Å². The molecule has 3 heterocycles. The van der Waals surface area contributed by atoms with Gasteiger partial charge in [0.2, 0.25) is 16.0 Å². The van der Waals surface area contributed by atoms with Gasteiger partial charge >= 0.3 is 0 Å². The number of benzene rings is 1. The van der Waals surface area contributed by atoms with E-state index in [1.807, 2.05) is 18.2 Å². The molecular weight excluding hydrogens is 454 g/mol. The molecule has 1 atom stereocenters. The topological polar surface area (TPSA) is 165 Å². The highest BCUT2D eigenvalue weighted by molar-refractivity contribution is 7.88. The van der Waals surface area contributed by atoms with Crippen LogP contribution in [-0.2, 0) is 16.6 Å². The second-order valence-electron chi connectivity index (χ2n) is 7.66. The predicted octanol–water partition coefficient (Wildman–Crippen LogP) is 1.91. The van der Waals surface area contributed by atoms with Gasteiger partial charge in [0.25, 0.3) is 0 Å². The summed E-state index contributed by atoms with van der Waals surface area (Å²) in [5.74, 6) is 0.0751. The van der Waals surface area contributed by atoms with Gasteiger partial charge in [-0.25, -0.2) is 27.8 Å². The molecule has 3 N–H and O–H groups in total. The molecule has 1 aromatic carbocycles. The maximum Gasteiger partial charge on any atom is 0.221 e. The number of nitrogens with two attached hydrogens (primary N) is 1. The Morgan fingerprint density at radius 2 is 1.85 bits per heavy atom. The summed E-state index contributed by atoms with van der Waals surface area (Å²) >= 11 is 0. The lowest BCUT2D eigenvalue weighted by Crippen LogP contribution is -2.26. The molecule has 4 rings (SSSR count). The number of nitrogens with one attached hydrogen (secondary N) is 1. The van der Waals surface area contributed by atoms with Crippen LogP contribution in [0.1, 0.15) is 29.9 Å². The summed E-state index contributed by atoms with van der Waals surface area (Å²) in [6, 6.07) is 15.8. The van der Waals surface area contributed by atoms with E-state index in [4.69, 9.17) is 11.0 Å². The van der Waals surface area contributed by atoms with Gasteiger partial charge < -0.3 is 5.73 Å². The molecule has 0 aliphatic rings. The first kappa shape index (κ1) is 23.0. The van der Waals surface area contributed by atoms with Gasteiger partial charge in [0.1, 0.15) is 5.69 Å². The standard InChI is InChI=1S/C22H21N9O2S/c1-14(29-34(2,32)33)18-8-4-7-17(25-18)12-31-13-21(28-30-31)20-10-19(26-22(24)27-20)16-6-3-5-15(9-16)11-23/h3-10,13-14,29H,12H2,1-2H3,(H2,24,26,27)/t14-/m1/s1. The van der Waals surface area contributed by atoms with Gasteiger partial charge in [-0.15, -0.1) is 5.10 Å². The molecule has 172 valence electrons. The molecule has 0 spiro atoms. The Kier molecular flexibility index (Phi) is 6.31. The van der Waals surface area contributed by atoms with Crippen LogP contribution in [-0.4, -0.2) is 44.6 Å². The molecule has 0 aliphatic carbocycles. The minimum atomic E-state index is -3.36. The number of pyridine rings is 1. The molecular formula is C22H21N9O2S. The quantitative estimate of drug-likeness (QED) is 0.406. The maximum atomic E-state index is 11.5. The summed E-state index contributed by atoms with van der Waals surface area (Å²) in [6.45, 7) is 2.05. The van der Waals surface area contributed by atoms with Crippen molar-refractivity contribution in [1.29, 1.82) is 5.26 Å². The van der Waals surface area contributed by atoms with E-state index >= 15 is 0 Å². The lowest BCUT2D eigenvalue weighted by molar-refractivity contribution is 0.568. The van der Waals surface area contributed by atoms with E-state index in [1.165, 1.54) is 0 Å². The number of hydrogen-bond donors (Lipinski definition) is 2. The SMILES string of the molecule is C[C@@H](NS(C)(=O)=O)c1cccc(Cn2cc(-c3cc(-c4cccc(C#N)c4)nc(N)n3)nn2)n1. The maximum absolute atomic E-state index is 11.5. The Balaban J connectivity index is 1.57. The van der Waals surface area contributed by atoms with Crippen molar-refractivity contribution in [2.45, 2.75) is 19.5 Å². The van der Waals surface area contributed by atoms with Gasteiger partial charge in [-0.3, -0.25) is 4.98 Å². The molecule has 3 aromatic heterocycles. The van der Waals surface area contributed by atoms with Gasteiger partial charge in [0, 0.05) is 5.56 Å². The van der Waals surface area contributed by atoms with Gasteiger partial charge in [-0.2, -0.15) is 5.26 Å². The molecule has 11 nitrogen and oxygen atoms in total. The van der Waals surface area contributed by atoms with Crippen molar-refractivity contribution < 1.29 is 8.42 Å². The molecule has 12 heteroatoms. The molecule has 0 unspecified atom stereocenters. The third kappa shape index (κ3) is 5.58. The number of nitrogens with zero attached hydrogens (tertiary/aromatic N) is 7. The van der Waals surface area contributed by atoms with E-state index in [-0.39, 0.29) is 5.95 Å². The second-order valence-corrected chi connectivity index (χ2v) is 9.44. The number of nitrogen functional groups attached to an aromatic ring is 1. The second kappa shape index (κ2) is 9.34. The number of sulfonamides is 1. The highest BCUT2D eigenvalue weighted by Crippen LogP contribution is 2.24. The summed E-state index contributed by atoms with van der Waals surface area (Å²) < 4.78 is 27.1. The fourth-order valence-corrected chi connectivity index (χ4v) is 4.12. The van der Waals surface area contributed by atoms with Gasteiger partial charge in [-0.1, -0.05) is 23.4 Å². The third-order valence-electron chi connectivity index (χ3n) is 4.82. The lowest BCUT2D eigenvalue weighted by atomic mass is 10.1. The van der Waals surface area contributed by atoms with Gasteiger partial charge in [0.05, 0.1) is 59.4 Å². The van der Waals surface area contributed by atoms with Crippen LogP contribution in [0.2, 0.25) is 0 Å². The van der Waals surface area contributed by atoms with Crippen LogP contribution in [0.3, 0.4) is 0 Å².